The van der Waals surface area contributed by atoms with E-state index in [1.807, 2.05) is 0 Å². The van der Waals surface area contributed by atoms with Crippen molar-refractivity contribution < 1.29 is 14.3 Å². The number of anilines is 1. The third-order valence-corrected chi connectivity index (χ3v) is 2.66. The number of nitrogen functional groups attached to an aromatic ring is 1. The number of carbonyl (C=O) groups is 1. The number of ketones is 1. The minimum atomic E-state index is -0.852. The predicted octanol–water partition coefficient (Wildman–Crippen LogP) is 2.13. The number of hydrogen-bond acceptors (Lipinski definition) is 5. The molecule has 0 atom stereocenters. The van der Waals surface area contributed by atoms with Crippen molar-refractivity contribution in [1.29, 1.82) is 0 Å². The molecule has 2 aromatic rings. The van der Waals surface area contributed by atoms with E-state index in [1.165, 1.54) is 25.1 Å². The normalized spacial score (nSPS) is 10.8. The summed E-state index contributed by atoms with van der Waals surface area (Å²) in [4.78, 5) is 23.5. The second kappa shape index (κ2) is 5.44. The summed E-state index contributed by atoms with van der Waals surface area (Å²) in [5.74, 6) is -0.759. The molecule has 0 saturated heterocycles. The van der Waals surface area contributed by atoms with Crippen LogP contribution >= 0.6 is 0 Å². The minimum absolute atomic E-state index is 0.242. The van der Waals surface area contributed by atoms with E-state index in [0.29, 0.717) is 5.69 Å². The Kier molecular flexibility index (Phi) is 3.70. The van der Waals surface area contributed by atoms with Crippen LogP contribution in [0.1, 0.15) is 21.7 Å². The van der Waals surface area contributed by atoms with E-state index >= 15 is 0 Å². The Morgan fingerprint density at radius 1 is 1.30 bits per heavy atom. The standard InChI is InChI=1S/C15H13NO4/c1-9-8-13(18)14(15(19)20-9)12(17)7-4-10-2-5-11(16)6-3-10/h2-8,18H,16H2,1H3. The van der Waals surface area contributed by atoms with Crippen LogP contribution in [0.3, 0.4) is 0 Å². The molecule has 0 aliphatic carbocycles. The average molecular weight is 271 g/mol. The van der Waals surface area contributed by atoms with Gasteiger partial charge in [0, 0.05) is 11.8 Å². The van der Waals surface area contributed by atoms with E-state index in [0.717, 1.165) is 5.56 Å². The van der Waals surface area contributed by atoms with Crippen LogP contribution < -0.4 is 11.4 Å². The fraction of sp³-hybridized carbons (Fsp3) is 0.0667. The number of aryl methyl sites for hydroxylation is 1. The first-order valence-corrected chi connectivity index (χ1v) is 5.89. The molecule has 3 N–H and O–H groups in total. The van der Waals surface area contributed by atoms with Gasteiger partial charge in [0.2, 0.25) is 0 Å². The van der Waals surface area contributed by atoms with Crippen molar-refractivity contribution in [2.45, 2.75) is 6.92 Å². The lowest BCUT2D eigenvalue weighted by atomic mass is 10.1. The van der Waals surface area contributed by atoms with Crippen LogP contribution in [0.2, 0.25) is 0 Å². The van der Waals surface area contributed by atoms with E-state index in [1.54, 1.807) is 24.3 Å². The zero-order chi connectivity index (χ0) is 14.7. The fourth-order valence-corrected chi connectivity index (χ4v) is 1.69. The van der Waals surface area contributed by atoms with E-state index < -0.39 is 11.4 Å². The highest BCUT2D eigenvalue weighted by Crippen LogP contribution is 2.16. The van der Waals surface area contributed by atoms with Crippen LogP contribution in [0.15, 0.2) is 45.6 Å². The molecule has 5 nitrogen and oxygen atoms in total. The molecule has 5 heteroatoms. The molecular formula is C15H13NO4. The van der Waals surface area contributed by atoms with E-state index in [4.69, 9.17) is 10.2 Å². The van der Waals surface area contributed by atoms with Gasteiger partial charge in [-0.25, -0.2) is 4.79 Å². The van der Waals surface area contributed by atoms with Crippen LogP contribution in [0, 0.1) is 6.92 Å². The summed E-state index contributed by atoms with van der Waals surface area (Å²) in [5, 5.41) is 9.64. The molecule has 0 amide bonds. The van der Waals surface area contributed by atoms with Crippen molar-refractivity contribution >= 4 is 17.5 Å². The summed E-state index contributed by atoms with van der Waals surface area (Å²) in [6.07, 6.45) is 2.73. The topological polar surface area (TPSA) is 93.5 Å². The van der Waals surface area contributed by atoms with Crippen LogP contribution in [0.5, 0.6) is 5.75 Å². The highest BCUT2D eigenvalue weighted by atomic mass is 16.4. The smallest absolute Gasteiger partial charge is 0.351 e. The molecule has 0 aliphatic rings. The highest BCUT2D eigenvalue weighted by Gasteiger charge is 2.15. The van der Waals surface area contributed by atoms with Crippen molar-refractivity contribution in [2.24, 2.45) is 0 Å². The Morgan fingerprint density at radius 3 is 2.55 bits per heavy atom. The number of aromatic hydroxyl groups is 1. The first kappa shape index (κ1) is 13.6. The summed E-state index contributed by atoms with van der Waals surface area (Å²) in [6, 6.07) is 8.09. The second-order valence-corrected chi connectivity index (χ2v) is 4.27. The van der Waals surface area contributed by atoms with E-state index in [2.05, 4.69) is 0 Å². The monoisotopic (exact) mass is 271 g/mol. The van der Waals surface area contributed by atoms with Gasteiger partial charge in [-0.3, -0.25) is 4.79 Å². The lowest BCUT2D eigenvalue weighted by molar-refractivity contribution is 0.104. The van der Waals surface area contributed by atoms with Gasteiger partial charge >= 0.3 is 5.63 Å². The quantitative estimate of drug-likeness (QED) is 0.506. The van der Waals surface area contributed by atoms with Gasteiger partial charge in [-0.1, -0.05) is 18.2 Å². The van der Waals surface area contributed by atoms with E-state index in [9.17, 15) is 14.7 Å². The summed E-state index contributed by atoms with van der Waals surface area (Å²) in [5.41, 5.74) is 5.69. The van der Waals surface area contributed by atoms with Crippen molar-refractivity contribution in [1.82, 2.24) is 0 Å². The first-order chi connectivity index (χ1) is 9.47. The maximum absolute atomic E-state index is 11.9. The number of hydrogen-bond donors (Lipinski definition) is 2. The average Bonchev–Trinajstić information content (AvgIpc) is 2.37. The summed E-state index contributed by atoms with van der Waals surface area (Å²) < 4.78 is 4.79. The third-order valence-electron chi connectivity index (χ3n) is 2.66. The molecular weight excluding hydrogens is 258 g/mol. The molecule has 0 unspecified atom stereocenters. The Bertz CT molecular complexity index is 727. The number of benzene rings is 1. The molecule has 0 saturated carbocycles. The first-order valence-electron chi connectivity index (χ1n) is 5.89. The Labute approximate surface area is 115 Å². The van der Waals surface area contributed by atoms with Gasteiger partial charge in [0.15, 0.2) is 5.78 Å². The Morgan fingerprint density at radius 2 is 1.95 bits per heavy atom. The lowest BCUT2D eigenvalue weighted by Crippen LogP contribution is -2.12. The summed E-state index contributed by atoms with van der Waals surface area (Å²) >= 11 is 0. The fourth-order valence-electron chi connectivity index (χ4n) is 1.69. The van der Waals surface area contributed by atoms with Crippen molar-refractivity contribution in [3.8, 4) is 5.75 Å². The van der Waals surface area contributed by atoms with Gasteiger partial charge in [0.05, 0.1) is 0 Å². The molecule has 102 valence electrons. The number of rotatable bonds is 3. The number of carbonyl (C=O) groups excluding carboxylic acids is 1. The summed E-state index contributed by atoms with van der Waals surface area (Å²) in [7, 11) is 0. The molecule has 1 heterocycles. The molecule has 0 bridgehead atoms. The molecule has 2 rings (SSSR count). The molecule has 20 heavy (non-hydrogen) atoms. The number of nitrogens with two attached hydrogens (primary N) is 1. The number of allylic oxidation sites excluding steroid dienone is 1. The van der Waals surface area contributed by atoms with Gasteiger partial charge in [-0.15, -0.1) is 0 Å². The maximum Gasteiger partial charge on any atom is 0.351 e. The largest absolute Gasteiger partial charge is 0.507 e. The predicted molar refractivity (Wildman–Crippen MR) is 75.6 cm³/mol. The second-order valence-electron chi connectivity index (χ2n) is 4.27. The van der Waals surface area contributed by atoms with Gasteiger partial charge in [-0.05, 0) is 30.7 Å². The summed E-state index contributed by atoms with van der Waals surface area (Å²) in [6.45, 7) is 1.51. The molecule has 0 aliphatic heterocycles. The molecule has 0 spiro atoms. The van der Waals surface area contributed by atoms with Crippen LogP contribution in [-0.2, 0) is 0 Å². The van der Waals surface area contributed by atoms with Crippen molar-refractivity contribution in [3.05, 3.63) is 63.7 Å². The van der Waals surface area contributed by atoms with Crippen LogP contribution in [0.25, 0.3) is 6.08 Å². The van der Waals surface area contributed by atoms with Crippen LogP contribution in [0.4, 0.5) is 5.69 Å². The van der Waals surface area contributed by atoms with Gasteiger partial charge < -0.3 is 15.3 Å². The zero-order valence-electron chi connectivity index (χ0n) is 10.8. The van der Waals surface area contributed by atoms with Gasteiger partial charge in [0.1, 0.15) is 17.1 Å². The van der Waals surface area contributed by atoms with E-state index in [-0.39, 0.29) is 17.1 Å². The molecule has 0 fully saturated rings. The lowest BCUT2D eigenvalue weighted by Gasteiger charge is -2.00. The van der Waals surface area contributed by atoms with Gasteiger partial charge in [0.25, 0.3) is 0 Å². The van der Waals surface area contributed by atoms with Crippen molar-refractivity contribution in [3.63, 3.8) is 0 Å². The zero-order valence-corrected chi connectivity index (χ0v) is 10.8. The third kappa shape index (κ3) is 2.95. The molecule has 1 aromatic carbocycles. The SMILES string of the molecule is Cc1cc(O)c(C(=O)C=Cc2ccc(N)cc2)c(=O)o1. The van der Waals surface area contributed by atoms with Crippen molar-refractivity contribution in [2.75, 3.05) is 5.73 Å². The molecule has 1 aromatic heterocycles. The highest BCUT2D eigenvalue weighted by molar-refractivity contribution is 6.08. The Hall–Kier alpha value is -2.82. The maximum atomic E-state index is 11.9. The minimum Gasteiger partial charge on any atom is -0.507 e. The van der Waals surface area contributed by atoms with Gasteiger partial charge in [-0.2, -0.15) is 0 Å². The van der Waals surface area contributed by atoms with Crippen LogP contribution in [-0.4, -0.2) is 10.9 Å². The Balaban J connectivity index is 2.29. The molecule has 0 radical (unpaired) electrons.